The van der Waals surface area contributed by atoms with Crippen molar-refractivity contribution in [3.05, 3.63) is 88.4 Å². The second kappa shape index (κ2) is 10.3. The van der Waals surface area contributed by atoms with Gasteiger partial charge in [0.25, 0.3) is 0 Å². The number of hydrogen-bond acceptors (Lipinski definition) is 3. The molecule has 0 aromatic heterocycles. The summed E-state index contributed by atoms with van der Waals surface area (Å²) in [6, 6.07) is 21.0. The van der Waals surface area contributed by atoms with Crippen LogP contribution in [-0.2, 0) is 16.2 Å². The van der Waals surface area contributed by atoms with Crippen LogP contribution in [0, 0.1) is 6.92 Å². The maximum atomic E-state index is 12.4. The third-order valence-corrected chi connectivity index (χ3v) is 5.48. The van der Waals surface area contributed by atoms with Crippen LogP contribution in [0.3, 0.4) is 0 Å². The van der Waals surface area contributed by atoms with E-state index < -0.39 is 11.9 Å². The maximum absolute atomic E-state index is 12.4. The lowest BCUT2D eigenvalue weighted by Gasteiger charge is -2.19. The summed E-state index contributed by atoms with van der Waals surface area (Å²) in [6.45, 7) is 2.43. The molecule has 0 saturated carbocycles. The van der Waals surface area contributed by atoms with E-state index in [1.54, 1.807) is 38.4 Å². The van der Waals surface area contributed by atoms with E-state index in [9.17, 15) is 14.7 Å². The van der Waals surface area contributed by atoms with Gasteiger partial charge in [-0.2, -0.15) is 0 Å². The molecule has 3 rings (SSSR count). The fourth-order valence-electron chi connectivity index (χ4n) is 3.53. The van der Waals surface area contributed by atoms with Gasteiger partial charge in [-0.05, 0) is 65.1 Å². The minimum atomic E-state index is -1.01. The van der Waals surface area contributed by atoms with Crippen LogP contribution in [0.15, 0.2) is 66.7 Å². The van der Waals surface area contributed by atoms with Gasteiger partial charge in [-0.3, -0.25) is 9.59 Å². The summed E-state index contributed by atoms with van der Waals surface area (Å²) in [7, 11) is 3.24. The highest BCUT2D eigenvalue weighted by Crippen LogP contribution is 2.28. The minimum Gasteiger partial charge on any atom is -0.489 e. The predicted molar refractivity (Wildman–Crippen MR) is 126 cm³/mol. The highest BCUT2D eigenvalue weighted by atomic mass is 35.5. The first-order chi connectivity index (χ1) is 15.2. The van der Waals surface area contributed by atoms with Crippen LogP contribution in [0.5, 0.6) is 5.75 Å². The van der Waals surface area contributed by atoms with Gasteiger partial charge in [0.2, 0.25) is 5.91 Å². The molecular weight excluding hydrogens is 426 g/mol. The quantitative estimate of drug-likeness (QED) is 0.488. The molecule has 0 aliphatic rings. The fourth-order valence-corrected chi connectivity index (χ4v) is 3.70. The molecule has 0 saturated heterocycles. The standard InChI is InChI=1S/C26H26ClNO4/c1-17-7-10-21(27)14-23(17)20-6-4-5-18(13-20)16-32-22-11-8-19(9-12-22)24(15-25(29)30)26(31)28(2)3/h4-14,24H,15-16H2,1-3H3,(H,29,30). The average molecular weight is 452 g/mol. The Morgan fingerprint density at radius 3 is 2.41 bits per heavy atom. The molecular formula is C26H26ClNO4. The van der Waals surface area contributed by atoms with E-state index in [0.29, 0.717) is 22.9 Å². The first-order valence-electron chi connectivity index (χ1n) is 10.3. The minimum absolute atomic E-state index is 0.241. The molecule has 6 heteroatoms. The Labute approximate surface area is 193 Å². The number of aryl methyl sites for hydroxylation is 1. The first-order valence-corrected chi connectivity index (χ1v) is 10.6. The number of ether oxygens (including phenoxy) is 1. The molecule has 1 unspecified atom stereocenters. The van der Waals surface area contributed by atoms with Gasteiger partial charge in [-0.25, -0.2) is 0 Å². The summed E-state index contributed by atoms with van der Waals surface area (Å²) < 4.78 is 5.92. The number of nitrogens with zero attached hydrogens (tertiary/aromatic N) is 1. The zero-order valence-corrected chi connectivity index (χ0v) is 19.1. The SMILES string of the molecule is Cc1ccc(Cl)cc1-c1cccc(COc2ccc(C(CC(=O)O)C(=O)N(C)C)cc2)c1. The lowest BCUT2D eigenvalue weighted by molar-refractivity contribution is -0.141. The summed E-state index contributed by atoms with van der Waals surface area (Å²) in [4.78, 5) is 25.0. The van der Waals surface area contributed by atoms with Gasteiger partial charge < -0.3 is 14.7 Å². The number of carbonyl (C=O) groups excluding carboxylic acids is 1. The number of aliphatic carboxylic acids is 1. The fraction of sp³-hybridized carbons (Fsp3) is 0.231. The van der Waals surface area contributed by atoms with Crippen molar-refractivity contribution in [3.63, 3.8) is 0 Å². The number of benzene rings is 3. The predicted octanol–water partition coefficient (Wildman–Crippen LogP) is 5.54. The zero-order chi connectivity index (χ0) is 23.3. The molecule has 3 aromatic carbocycles. The van der Waals surface area contributed by atoms with E-state index in [4.69, 9.17) is 16.3 Å². The molecule has 166 valence electrons. The van der Waals surface area contributed by atoms with Crippen LogP contribution < -0.4 is 4.74 Å². The van der Waals surface area contributed by atoms with E-state index in [-0.39, 0.29) is 12.3 Å². The van der Waals surface area contributed by atoms with Gasteiger partial charge in [-0.15, -0.1) is 0 Å². The average Bonchev–Trinajstić information content (AvgIpc) is 2.77. The molecule has 0 aliphatic heterocycles. The van der Waals surface area contributed by atoms with Crippen molar-refractivity contribution in [2.75, 3.05) is 14.1 Å². The van der Waals surface area contributed by atoms with E-state index in [1.165, 1.54) is 4.90 Å². The number of rotatable bonds is 8. The number of hydrogen-bond donors (Lipinski definition) is 1. The van der Waals surface area contributed by atoms with Crippen LogP contribution >= 0.6 is 11.6 Å². The monoisotopic (exact) mass is 451 g/mol. The van der Waals surface area contributed by atoms with Gasteiger partial charge in [-0.1, -0.05) is 48.0 Å². The smallest absolute Gasteiger partial charge is 0.304 e. The van der Waals surface area contributed by atoms with Crippen molar-refractivity contribution < 1.29 is 19.4 Å². The number of carboxylic acids is 1. The van der Waals surface area contributed by atoms with Gasteiger partial charge in [0.15, 0.2) is 0 Å². The number of likely N-dealkylation sites (N-methyl/N-ethyl adjacent to an activating group) is 1. The summed E-state index contributed by atoms with van der Waals surface area (Å²) in [5.41, 5.74) is 4.96. The Bertz CT molecular complexity index is 1110. The topological polar surface area (TPSA) is 66.8 Å². The van der Waals surface area contributed by atoms with Gasteiger partial charge >= 0.3 is 5.97 Å². The molecule has 0 aliphatic carbocycles. The number of amides is 1. The van der Waals surface area contributed by atoms with Gasteiger partial charge in [0.1, 0.15) is 12.4 Å². The summed E-state index contributed by atoms with van der Waals surface area (Å²) in [5.74, 6) is -1.34. The molecule has 0 heterocycles. The third-order valence-electron chi connectivity index (χ3n) is 5.24. The Morgan fingerprint density at radius 1 is 1.03 bits per heavy atom. The summed E-state index contributed by atoms with van der Waals surface area (Å²) in [6.07, 6.45) is -0.257. The van der Waals surface area contributed by atoms with Crippen LogP contribution in [0.2, 0.25) is 5.02 Å². The molecule has 0 fully saturated rings. The van der Waals surface area contributed by atoms with Crippen LogP contribution in [0.1, 0.15) is 29.0 Å². The third kappa shape index (κ3) is 5.89. The summed E-state index contributed by atoms with van der Waals surface area (Å²) in [5, 5.41) is 9.87. The molecule has 0 spiro atoms. The van der Waals surface area contributed by atoms with Crippen LogP contribution in [0.25, 0.3) is 11.1 Å². The van der Waals surface area contributed by atoms with Crippen molar-refractivity contribution in [1.29, 1.82) is 0 Å². The highest BCUT2D eigenvalue weighted by Gasteiger charge is 2.25. The van der Waals surface area contributed by atoms with E-state index in [0.717, 1.165) is 22.3 Å². The van der Waals surface area contributed by atoms with E-state index in [1.807, 2.05) is 36.4 Å². The Hall–Kier alpha value is -3.31. The molecule has 1 N–H and O–H groups in total. The maximum Gasteiger partial charge on any atom is 0.304 e. The largest absolute Gasteiger partial charge is 0.489 e. The number of carboxylic acid groups (broad SMARTS) is 1. The van der Waals surface area contributed by atoms with Gasteiger partial charge in [0, 0.05) is 19.1 Å². The second-order valence-corrected chi connectivity index (χ2v) is 8.34. The second-order valence-electron chi connectivity index (χ2n) is 7.90. The van der Waals surface area contributed by atoms with Crippen molar-refractivity contribution in [2.45, 2.75) is 25.9 Å². The van der Waals surface area contributed by atoms with Gasteiger partial charge in [0.05, 0.1) is 12.3 Å². The summed E-state index contributed by atoms with van der Waals surface area (Å²) >= 11 is 6.17. The first kappa shape index (κ1) is 23.4. The number of halogens is 1. The molecule has 1 amide bonds. The Kier molecular flexibility index (Phi) is 7.54. The van der Waals surface area contributed by atoms with Crippen molar-refractivity contribution in [3.8, 4) is 16.9 Å². The molecule has 1 atom stereocenters. The van der Waals surface area contributed by atoms with E-state index in [2.05, 4.69) is 13.0 Å². The lowest BCUT2D eigenvalue weighted by atomic mass is 9.94. The lowest BCUT2D eigenvalue weighted by Crippen LogP contribution is -2.29. The van der Waals surface area contributed by atoms with Crippen LogP contribution in [-0.4, -0.2) is 36.0 Å². The van der Waals surface area contributed by atoms with Crippen molar-refractivity contribution in [1.82, 2.24) is 4.90 Å². The molecule has 0 bridgehead atoms. The number of carbonyl (C=O) groups is 2. The zero-order valence-electron chi connectivity index (χ0n) is 18.3. The highest BCUT2D eigenvalue weighted by molar-refractivity contribution is 6.30. The Balaban J connectivity index is 1.72. The molecule has 0 radical (unpaired) electrons. The molecule has 3 aromatic rings. The van der Waals surface area contributed by atoms with E-state index >= 15 is 0 Å². The normalized spacial score (nSPS) is 11.6. The molecule has 32 heavy (non-hydrogen) atoms. The molecule has 5 nitrogen and oxygen atoms in total. The van der Waals surface area contributed by atoms with Crippen LogP contribution in [0.4, 0.5) is 0 Å². The Morgan fingerprint density at radius 2 is 1.75 bits per heavy atom. The van der Waals surface area contributed by atoms with Crippen molar-refractivity contribution in [2.24, 2.45) is 0 Å². The van der Waals surface area contributed by atoms with Crippen molar-refractivity contribution >= 4 is 23.5 Å².